The van der Waals surface area contributed by atoms with Gasteiger partial charge in [0.1, 0.15) is 11.5 Å². The van der Waals surface area contributed by atoms with Gasteiger partial charge in [0, 0.05) is 47.1 Å². The Labute approximate surface area is 620 Å². The molecule has 8 aliphatic carbocycles. The van der Waals surface area contributed by atoms with Gasteiger partial charge in [-0.15, -0.1) is 0 Å². The zero-order valence-electron chi connectivity index (χ0n) is 60.1. The number of hydrogen-bond acceptors (Lipinski definition) is 13. The molecule has 20 heteroatoms. The van der Waals surface area contributed by atoms with Gasteiger partial charge < -0.3 is 29.2 Å². The van der Waals surface area contributed by atoms with Gasteiger partial charge in [-0.1, -0.05) is 98.7 Å². The minimum atomic E-state index is -3.43. The van der Waals surface area contributed by atoms with E-state index in [0.29, 0.717) is 61.3 Å². The number of aliphatic hydroxyl groups is 2. The fourth-order valence-corrected chi connectivity index (χ4v) is 19.7. The summed E-state index contributed by atoms with van der Waals surface area (Å²) in [6.07, 6.45) is 10.8. The van der Waals surface area contributed by atoms with Crippen LogP contribution in [0.2, 0.25) is 0 Å². The van der Waals surface area contributed by atoms with Crippen molar-refractivity contribution in [2.75, 3.05) is 62.7 Å². The van der Waals surface area contributed by atoms with E-state index in [1.807, 2.05) is 72.4 Å². The molecule has 5 aromatic carbocycles. The van der Waals surface area contributed by atoms with Crippen molar-refractivity contribution >= 4 is 46.9 Å². The molecule has 8 saturated carbocycles. The predicted molar refractivity (Wildman–Crippen MR) is 375 cm³/mol. The molecule has 553 valence electrons. The molecule has 2 N–H and O–H groups in total. The number of carbonyl (C=O) groups is 2. The first-order chi connectivity index (χ1) is 46.5. The van der Waals surface area contributed by atoms with E-state index in [9.17, 15) is 37.4 Å². The van der Waals surface area contributed by atoms with E-state index in [1.54, 1.807) is 0 Å². The third kappa shape index (κ3) is 30.6. The molecule has 5 aromatic rings. The van der Waals surface area contributed by atoms with E-state index in [2.05, 4.69) is 147 Å². The molecule has 2 heterocycles. The minimum absolute atomic E-state index is 0. The molecule has 10 aliphatic rings. The van der Waals surface area contributed by atoms with Crippen molar-refractivity contribution in [3.8, 4) is 0 Å². The molecule has 10 fully saturated rings. The van der Waals surface area contributed by atoms with Crippen LogP contribution in [0.3, 0.4) is 0 Å². The Morgan fingerprint density at radius 2 is 0.810 bits per heavy atom. The van der Waals surface area contributed by atoms with Gasteiger partial charge in [0.2, 0.25) is 0 Å². The van der Waals surface area contributed by atoms with Crippen LogP contribution in [0.1, 0.15) is 170 Å². The fourth-order valence-electron chi connectivity index (χ4n) is 15.0. The van der Waals surface area contributed by atoms with Crippen LogP contribution in [0.4, 0.5) is 17.6 Å². The van der Waals surface area contributed by atoms with E-state index in [-0.39, 0.29) is 90.9 Å². The van der Waals surface area contributed by atoms with Crippen molar-refractivity contribution in [1.82, 2.24) is 0 Å². The van der Waals surface area contributed by atoms with Gasteiger partial charge in [0.05, 0.1) is 50.8 Å². The van der Waals surface area contributed by atoms with E-state index in [0.717, 1.165) is 90.6 Å². The summed E-state index contributed by atoms with van der Waals surface area (Å²) in [4.78, 5) is 56.4. The molecule has 15 rings (SSSR count). The number of benzene rings is 5. The standard InChI is InChI=1S/C20H26I.2C14H20F2O3.C14H21OS.2C6H5.C4H8OS.2CO2.Cu/c1-19(2,3)15-7-11-17(12-8-15)21-18-13-9-16(10-14-18)20(4,5)6;2*1-12(15,16)11(17)19-8-13-3-9-2-10(4-13)6-14(18,5-9)7-13;1-14(2,3)12-4-6-13(7-5-12)16-10-8-15-9-11-16;2*1-2-4-6-5-3-1;1-3-6-4-2-5-1;2*2-1-3;/h7-14H,1-6H3;2*9-10,18H,2-8H2,1H3;4-7H,8-11H2,1-3H3;2*1-5H;1-4H2;;;/q+1;;;+1;2*-1;;;;+2. The van der Waals surface area contributed by atoms with E-state index >= 15 is 0 Å². The molecular formula is C80H105CuF4IO12S2+2. The molecular weight excluding hydrogens is 1480 g/mol. The summed E-state index contributed by atoms with van der Waals surface area (Å²) >= 11 is 1.90. The Balaban J connectivity index is 0.000000254. The van der Waals surface area contributed by atoms with Crippen LogP contribution in [0.25, 0.3) is 0 Å². The van der Waals surface area contributed by atoms with Crippen LogP contribution in [0, 0.1) is 53.8 Å². The molecule has 0 aromatic heterocycles. The summed E-state index contributed by atoms with van der Waals surface area (Å²) in [5.74, 6) is -3.11. The van der Waals surface area contributed by atoms with E-state index in [1.165, 1.54) is 51.7 Å². The largest absolute Gasteiger partial charge is 2.00 e. The zero-order valence-corrected chi connectivity index (χ0v) is 64.8. The summed E-state index contributed by atoms with van der Waals surface area (Å²) in [6.45, 7) is 25.4. The first-order valence-corrected chi connectivity index (χ1v) is 39.1. The normalized spacial score (nSPS) is 25.1. The molecule has 2 saturated heterocycles. The Hall–Kier alpha value is -4.69. The number of rotatable bonds is 9. The van der Waals surface area contributed by atoms with E-state index < -0.39 is 35.0 Å². The number of thioether (sulfide) groups is 1. The summed E-state index contributed by atoms with van der Waals surface area (Å²) in [5.41, 5.74) is 3.17. The van der Waals surface area contributed by atoms with Crippen LogP contribution in [0.5, 0.6) is 0 Å². The molecule has 2 aliphatic heterocycles. The second-order valence-corrected chi connectivity index (χ2v) is 37.3. The van der Waals surface area contributed by atoms with Crippen molar-refractivity contribution in [2.45, 2.75) is 197 Å². The van der Waals surface area contributed by atoms with Gasteiger partial charge in [0.25, 0.3) is 0 Å². The Kier molecular flexibility index (Phi) is 35.6. The molecule has 0 amide bonds. The van der Waals surface area contributed by atoms with Gasteiger partial charge >= 0.3 is 74.4 Å². The van der Waals surface area contributed by atoms with Gasteiger partial charge in [-0.2, -0.15) is 121 Å². The maximum Gasteiger partial charge on any atom is 2.00 e. The fraction of sp³-hybridized carbons (Fsp3) is 0.575. The van der Waals surface area contributed by atoms with Crippen LogP contribution in [-0.2, 0) is 91.9 Å². The smallest absolute Gasteiger partial charge is 0.461 e. The van der Waals surface area contributed by atoms with Gasteiger partial charge in [0.15, 0.2) is 12.0 Å². The first-order valence-electron chi connectivity index (χ1n) is 34.2. The molecule has 4 unspecified atom stereocenters. The quantitative estimate of drug-likeness (QED) is 0.0356. The first kappa shape index (κ1) is 87.7. The van der Waals surface area contributed by atoms with Crippen molar-refractivity contribution in [3.05, 3.63) is 169 Å². The SMILES string of the molecule is C1CSCCO1.CC(C)(C)c1ccc([I+]c2ccc(C(C)(C)C)cc2)cc1.CC(C)(C)c1ccc([S+]2CCOCC2)cc1.CC(F)(F)C(=O)OCC12CC3CC(CC(O)(C3)C1)C2.CC(F)(F)C(=O)OCC12CC3CC(CC(O)(C3)C1)C2.O=C=O.O=C=O.[Cu+2].[c-]1ccccc1.[c-]1ccccc1. The van der Waals surface area contributed by atoms with Crippen molar-refractivity contribution in [2.24, 2.45) is 34.5 Å². The summed E-state index contributed by atoms with van der Waals surface area (Å²) in [7, 11) is 0.432. The minimum Gasteiger partial charge on any atom is -0.461 e. The van der Waals surface area contributed by atoms with Crippen molar-refractivity contribution < 1.29 is 114 Å². The number of carbonyl (C=O) groups excluding carboxylic acids is 6. The molecule has 1 radical (unpaired) electrons. The van der Waals surface area contributed by atoms with Crippen LogP contribution in [0.15, 0.2) is 138 Å². The zero-order chi connectivity index (χ0) is 73.2. The van der Waals surface area contributed by atoms with E-state index in [4.69, 9.17) is 38.1 Å². The Bertz CT molecular complexity index is 2970. The van der Waals surface area contributed by atoms with Crippen molar-refractivity contribution in [3.63, 3.8) is 0 Å². The predicted octanol–water partition coefficient (Wildman–Crippen LogP) is 13.0. The van der Waals surface area contributed by atoms with Gasteiger partial charge in [-0.05, 0) is 170 Å². The molecule has 100 heavy (non-hydrogen) atoms. The second-order valence-electron chi connectivity index (χ2n) is 30.7. The van der Waals surface area contributed by atoms with Crippen molar-refractivity contribution in [1.29, 1.82) is 0 Å². The second kappa shape index (κ2) is 40.5. The number of esters is 2. The van der Waals surface area contributed by atoms with Crippen LogP contribution >= 0.6 is 11.8 Å². The van der Waals surface area contributed by atoms with Crippen LogP contribution in [-0.4, -0.2) is 120 Å². The number of halogens is 5. The average Bonchev–Trinajstić information content (AvgIpc) is 0.738. The van der Waals surface area contributed by atoms with Gasteiger partial charge in [-0.3, -0.25) is 0 Å². The molecule has 0 spiro atoms. The summed E-state index contributed by atoms with van der Waals surface area (Å²) < 4.78 is 74.4. The number of hydrogen-bond donors (Lipinski definition) is 2. The maximum absolute atomic E-state index is 12.8. The summed E-state index contributed by atoms with van der Waals surface area (Å²) in [6, 6.07) is 52.6. The topological polar surface area (TPSA) is 180 Å². The monoisotopic (exact) mass is 1590 g/mol. The Morgan fingerprint density at radius 3 is 1.04 bits per heavy atom. The van der Waals surface area contributed by atoms with Gasteiger partial charge in [-0.25, -0.2) is 9.59 Å². The average molecular weight is 1590 g/mol. The molecule has 4 atom stereocenters. The number of ether oxygens (including phenoxy) is 4. The van der Waals surface area contributed by atoms with Crippen LogP contribution < -0.4 is 21.2 Å². The maximum atomic E-state index is 12.8. The third-order valence-electron chi connectivity index (χ3n) is 18.6. The Morgan fingerprint density at radius 1 is 0.510 bits per heavy atom. The number of alkyl halides is 4. The summed E-state index contributed by atoms with van der Waals surface area (Å²) in [5, 5.41) is 21.0. The molecule has 8 bridgehead atoms. The molecule has 12 nitrogen and oxygen atoms in total. The third-order valence-corrected chi connectivity index (χ3v) is 24.5.